The Balaban J connectivity index is 1.72. The number of amides is 1. The highest BCUT2D eigenvalue weighted by molar-refractivity contribution is 6.07. The fourth-order valence-corrected chi connectivity index (χ4v) is 3.52. The molecule has 0 atom stereocenters. The number of pyridine rings is 1. The standard InChI is InChI=1S/C22H22N4O5/c1-4-5-14-11-23-20-18(21(28)26(3)22(29)25(20)2)19(14)24-17(27)9-7-13-6-8-15-16(10-13)31-12-30-15/h6-11H,4-5,12H2,1-3H3,(H,23,24,27)/b9-7-. The molecule has 3 heterocycles. The molecule has 0 fully saturated rings. The van der Waals surface area contributed by atoms with Gasteiger partial charge in [0.15, 0.2) is 17.1 Å². The number of aromatic nitrogens is 3. The first-order chi connectivity index (χ1) is 14.9. The monoisotopic (exact) mass is 422 g/mol. The van der Waals surface area contributed by atoms with Gasteiger partial charge in [-0.15, -0.1) is 0 Å². The van der Waals surface area contributed by atoms with Crippen LogP contribution in [0.5, 0.6) is 11.5 Å². The lowest BCUT2D eigenvalue weighted by Crippen LogP contribution is -2.38. The summed E-state index contributed by atoms with van der Waals surface area (Å²) in [5.41, 5.74) is 1.12. The van der Waals surface area contributed by atoms with E-state index in [2.05, 4.69) is 10.3 Å². The number of benzene rings is 1. The zero-order valence-electron chi connectivity index (χ0n) is 17.5. The zero-order valence-corrected chi connectivity index (χ0v) is 17.5. The Labute approximate surface area is 177 Å². The molecule has 1 aliphatic heterocycles. The van der Waals surface area contributed by atoms with E-state index in [4.69, 9.17) is 9.47 Å². The molecule has 9 heteroatoms. The number of rotatable bonds is 5. The van der Waals surface area contributed by atoms with Crippen molar-refractivity contribution in [2.45, 2.75) is 19.8 Å². The van der Waals surface area contributed by atoms with Gasteiger partial charge in [0.1, 0.15) is 5.39 Å². The van der Waals surface area contributed by atoms with E-state index < -0.39 is 17.2 Å². The highest BCUT2D eigenvalue weighted by Gasteiger charge is 2.18. The number of carbonyl (C=O) groups excluding carboxylic acids is 1. The Hall–Kier alpha value is -3.88. The maximum absolute atomic E-state index is 12.9. The van der Waals surface area contributed by atoms with Crippen LogP contribution in [-0.2, 0) is 25.3 Å². The molecule has 0 saturated heterocycles. The molecule has 4 rings (SSSR count). The molecule has 2 aromatic heterocycles. The second-order valence-electron chi connectivity index (χ2n) is 7.25. The van der Waals surface area contributed by atoms with E-state index in [1.807, 2.05) is 13.0 Å². The molecule has 1 aromatic carbocycles. The van der Waals surface area contributed by atoms with Crippen LogP contribution in [0.15, 0.2) is 40.1 Å². The van der Waals surface area contributed by atoms with Gasteiger partial charge in [-0.3, -0.25) is 18.7 Å². The highest BCUT2D eigenvalue weighted by Crippen LogP contribution is 2.32. The molecule has 0 saturated carbocycles. The third-order valence-electron chi connectivity index (χ3n) is 5.14. The minimum Gasteiger partial charge on any atom is -0.454 e. The molecule has 0 bridgehead atoms. The van der Waals surface area contributed by atoms with E-state index >= 15 is 0 Å². The summed E-state index contributed by atoms with van der Waals surface area (Å²) >= 11 is 0. The molecule has 3 aromatic rings. The molecule has 9 nitrogen and oxygen atoms in total. The molecular formula is C22H22N4O5. The number of nitrogens with zero attached hydrogens (tertiary/aromatic N) is 3. The van der Waals surface area contributed by atoms with Crippen molar-refractivity contribution in [2.24, 2.45) is 14.1 Å². The predicted molar refractivity (Wildman–Crippen MR) is 116 cm³/mol. The van der Waals surface area contributed by atoms with Crippen molar-refractivity contribution in [1.82, 2.24) is 14.1 Å². The molecule has 31 heavy (non-hydrogen) atoms. The molecule has 0 spiro atoms. The van der Waals surface area contributed by atoms with Crippen molar-refractivity contribution in [3.63, 3.8) is 0 Å². The summed E-state index contributed by atoms with van der Waals surface area (Å²) in [5, 5.41) is 3.03. The van der Waals surface area contributed by atoms with Gasteiger partial charge in [0.25, 0.3) is 5.56 Å². The van der Waals surface area contributed by atoms with E-state index in [1.54, 1.807) is 31.5 Å². The van der Waals surface area contributed by atoms with Crippen molar-refractivity contribution < 1.29 is 14.3 Å². The third kappa shape index (κ3) is 3.70. The number of fused-ring (bicyclic) bond motifs is 2. The number of anilines is 1. The van der Waals surface area contributed by atoms with Gasteiger partial charge in [0.2, 0.25) is 12.7 Å². The van der Waals surface area contributed by atoms with Crippen LogP contribution in [0, 0.1) is 0 Å². The lowest BCUT2D eigenvalue weighted by atomic mass is 10.1. The van der Waals surface area contributed by atoms with Crippen molar-refractivity contribution in [2.75, 3.05) is 12.1 Å². The maximum atomic E-state index is 12.9. The SMILES string of the molecule is CCCc1cnc2c(c1NC(=O)/C=C\c1ccc3c(c1)OCO3)c(=O)n(C)c(=O)n2C. The van der Waals surface area contributed by atoms with Crippen LogP contribution in [0.1, 0.15) is 24.5 Å². The lowest BCUT2D eigenvalue weighted by molar-refractivity contribution is -0.111. The quantitative estimate of drug-likeness (QED) is 0.631. The lowest BCUT2D eigenvalue weighted by Gasteiger charge is -2.14. The van der Waals surface area contributed by atoms with Crippen LogP contribution in [0.25, 0.3) is 17.1 Å². The van der Waals surface area contributed by atoms with Crippen molar-refractivity contribution in [3.05, 3.63) is 62.4 Å². The van der Waals surface area contributed by atoms with Gasteiger partial charge in [-0.25, -0.2) is 9.78 Å². The van der Waals surface area contributed by atoms with Crippen molar-refractivity contribution in [1.29, 1.82) is 0 Å². The second-order valence-corrected chi connectivity index (χ2v) is 7.25. The van der Waals surface area contributed by atoms with Gasteiger partial charge in [0.05, 0.1) is 5.69 Å². The molecule has 160 valence electrons. The molecule has 0 aliphatic carbocycles. The summed E-state index contributed by atoms with van der Waals surface area (Å²) in [6, 6.07) is 5.37. The molecule has 0 unspecified atom stereocenters. The van der Waals surface area contributed by atoms with E-state index in [-0.39, 0.29) is 17.8 Å². The summed E-state index contributed by atoms with van der Waals surface area (Å²) in [6.45, 7) is 2.17. The molecule has 1 amide bonds. The fourth-order valence-electron chi connectivity index (χ4n) is 3.52. The van der Waals surface area contributed by atoms with Crippen LogP contribution in [0.4, 0.5) is 5.69 Å². The van der Waals surface area contributed by atoms with Gasteiger partial charge in [0, 0.05) is 26.4 Å². The van der Waals surface area contributed by atoms with Gasteiger partial charge in [-0.2, -0.15) is 0 Å². The van der Waals surface area contributed by atoms with Gasteiger partial charge >= 0.3 is 5.69 Å². The molecule has 1 N–H and O–H groups in total. The van der Waals surface area contributed by atoms with Crippen LogP contribution in [0.3, 0.4) is 0 Å². The van der Waals surface area contributed by atoms with Crippen molar-refractivity contribution >= 4 is 28.7 Å². The Bertz CT molecular complexity index is 1340. The van der Waals surface area contributed by atoms with E-state index in [1.165, 1.54) is 17.7 Å². The smallest absolute Gasteiger partial charge is 0.332 e. The first-order valence-corrected chi connectivity index (χ1v) is 9.87. The Morgan fingerprint density at radius 3 is 2.74 bits per heavy atom. The van der Waals surface area contributed by atoms with Gasteiger partial charge in [-0.1, -0.05) is 19.4 Å². The molecule has 1 aliphatic rings. The summed E-state index contributed by atoms with van der Waals surface area (Å²) < 4.78 is 12.9. The van der Waals surface area contributed by atoms with E-state index in [9.17, 15) is 14.4 Å². The number of carbonyl (C=O) groups is 1. The highest BCUT2D eigenvalue weighted by atomic mass is 16.7. The minimum absolute atomic E-state index is 0.176. The van der Waals surface area contributed by atoms with Gasteiger partial charge < -0.3 is 14.8 Å². The number of aryl methyl sites for hydroxylation is 2. The van der Waals surface area contributed by atoms with Gasteiger partial charge in [-0.05, 0) is 35.8 Å². The first-order valence-electron chi connectivity index (χ1n) is 9.87. The minimum atomic E-state index is -0.501. The van der Waals surface area contributed by atoms with Crippen molar-refractivity contribution in [3.8, 4) is 11.5 Å². The summed E-state index contributed by atoms with van der Waals surface area (Å²) in [5.74, 6) is 0.881. The van der Waals surface area contributed by atoms with Crippen LogP contribution >= 0.6 is 0 Å². The van der Waals surface area contributed by atoms with Crippen LogP contribution in [-0.4, -0.2) is 26.8 Å². The number of nitrogens with one attached hydrogen (secondary N) is 1. The predicted octanol–water partition coefficient (Wildman–Crippen LogP) is 1.97. The number of hydrogen-bond acceptors (Lipinski definition) is 6. The summed E-state index contributed by atoms with van der Waals surface area (Å²) in [7, 11) is 2.95. The second kappa shape index (κ2) is 8.10. The zero-order chi connectivity index (χ0) is 22.1. The summed E-state index contributed by atoms with van der Waals surface area (Å²) in [6.07, 6.45) is 6.05. The largest absolute Gasteiger partial charge is 0.454 e. The average Bonchev–Trinajstić information content (AvgIpc) is 3.23. The topological polar surface area (TPSA) is 104 Å². The third-order valence-corrected chi connectivity index (χ3v) is 5.14. The average molecular weight is 422 g/mol. The number of ether oxygens (including phenoxy) is 2. The van der Waals surface area contributed by atoms with E-state index in [0.29, 0.717) is 23.6 Å². The Morgan fingerprint density at radius 1 is 1.19 bits per heavy atom. The molecule has 0 radical (unpaired) electrons. The fraction of sp³-hybridized carbons (Fsp3) is 0.273. The maximum Gasteiger partial charge on any atom is 0.332 e. The van der Waals surface area contributed by atoms with Crippen LogP contribution in [0.2, 0.25) is 0 Å². The first kappa shape index (κ1) is 20.4. The Morgan fingerprint density at radius 2 is 1.97 bits per heavy atom. The number of hydrogen-bond donors (Lipinski definition) is 1. The molecular weight excluding hydrogens is 400 g/mol. The summed E-state index contributed by atoms with van der Waals surface area (Å²) in [4.78, 5) is 42.1. The normalized spacial score (nSPS) is 12.6. The van der Waals surface area contributed by atoms with Crippen LogP contribution < -0.4 is 26.0 Å². The van der Waals surface area contributed by atoms with E-state index in [0.717, 1.165) is 22.1 Å². The Kier molecular flexibility index (Phi) is 5.33.